The highest BCUT2D eigenvalue weighted by Gasteiger charge is 2.08. The number of ether oxygens (including phenoxy) is 1. The van der Waals surface area contributed by atoms with Crippen LogP contribution in [0.4, 0.5) is 5.69 Å². The molecule has 0 aliphatic carbocycles. The van der Waals surface area contributed by atoms with E-state index in [2.05, 4.69) is 15.8 Å². The first kappa shape index (κ1) is 19.6. The number of nitrogens with one attached hydrogen (secondary N) is 2. The fourth-order valence-corrected chi connectivity index (χ4v) is 2.44. The number of phenolic OH excluding ortho intramolecular Hbond substituents is 1. The van der Waals surface area contributed by atoms with Crippen LogP contribution in [0.3, 0.4) is 0 Å². The molecular weight excluding hydrogens is 370 g/mol. The van der Waals surface area contributed by atoms with E-state index >= 15 is 0 Å². The van der Waals surface area contributed by atoms with Crippen molar-refractivity contribution in [3.63, 3.8) is 0 Å². The van der Waals surface area contributed by atoms with E-state index in [-0.39, 0.29) is 17.6 Å². The fraction of sp³-hybridized carbons (Fsp3) is 0.0455. The Kier molecular flexibility index (Phi) is 6.22. The summed E-state index contributed by atoms with van der Waals surface area (Å²) in [7, 11) is 1.56. The van der Waals surface area contributed by atoms with Crippen molar-refractivity contribution in [1.29, 1.82) is 0 Å². The summed E-state index contributed by atoms with van der Waals surface area (Å²) in [5, 5.41) is 15.9. The number of rotatable bonds is 6. The van der Waals surface area contributed by atoms with Gasteiger partial charge in [0, 0.05) is 16.8 Å². The number of hydrogen-bond acceptors (Lipinski definition) is 5. The maximum absolute atomic E-state index is 12.3. The summed E-state index contributed by atoms with van der Waals surface area (Å²) in [5.41, 5.74) is 4.62. The lowest BCUT2D eigenvalue weighted by molar-refractivity contribution is 0.0954. The van der Waals surface area contributed by atoms with E-state index in [4.69, 9.17) is 4.74 Å². The zero-order chi connectivity index (χ0) is 20.6. The zero-order valence-electron chi connectivity index (χ0n) is 15.6. The Morgan fingerprint density at radius 2 is 1.45 bits per heavy atom. The van der Waals surface area contributed by atoms with Gasteiger partial charge in [0.05, 0.1) is 13.3 Å². The highest BCUT2D eigenvalue weighted by atomic mass is 16.5. The Labute approximate surface area is 167 Å². The van der Waals surface area contributed by atoms with Crippen LogP contribution in [-0.2, 0) is 0 Å². The van der Waals surface area contributed by atoms with Crippen molar-refractivity contribution in [2.75, 3.05) is 12.4 Å². The van der Waals surface area contributed by atoms with Crippen LogP contribution >= 0.6 is 0 Å². The molecule has 0 aliphatic rings. The first-order chi connectivity index (χ1) is 14.0. The van der Waals surface area contributed by atoms with E-state index in [0.29, 0.717) is 22.6 Å². The van der Waals surface area contributed by atoms with Crippen molar-refractivity contribution >= 4 is 23.7 Å². The van der Waals surface area contributed by atoms with Gasteiger partial charge in [0.1, 0.15) is 11.5 Å². The van der Waals surface area contributed by atoms with Crippen molar-refractivity contribution in [2.45, 2.75) is 0 Å². The molecule has 0 atom stereocenters. The predicted octanol–water partition coefficient (Wildman–Crippen LogP) is 3.42. The molecule has 0 bridgehead atoms. The molecule has 0 aliphatic heterocycles. The highest BCUT2D eigenvalue weighted by molar-refractivity contribution is 6.04. The summed E-state index contributed by atoms with van der Waals surface area (Å²) in [6.45, 7) is 0. The van der Waals surface area contributed by atoms with Gasteiger partial charge in [-0.25, -0.2) is 5.43 Å². The molecule has 0 spiro atoms. The van der Waals surface area contributed by atoms with Crippen molar-refractivity contribution in [3.8, 4) is 11.5 Å². The first-order valence-electron chi connectivity index (χ1n) is 8.73. The summed E-state index contributed by atoms with van der Waals surface area (Å²) >= 11 is 0. The Balaban J connectivity index is 1.56. The lowest BCUT2D eigenvalue weighted by Gasteiger charge is -2.07. The zero-order valence-corrected chi connectivity index (χ0v) is 15.6. The van der Waals surface area contributed by atoms with Crippen LogP contribution in [0.1, 0.15) is 26.3 Å². The van der Waals surface area contributed by atoms with Crippen LogP contribution in [0.15, 0.2) is 77.9 Å². The monoisotopic (exact) mass is 389 g/mol. The van der Waals surface area contributed by atoms with Crippen LogP contribution in [0, 0.1) is 0 Å². The molecule has 0 radical (unpaired) electrons. The Morgan fingerprint density at radius 3 is 2.07 bits per heavy atom. The van der Waals surface area contributed by atoms with Crippen LogP contribution in [0.5, 0.6) is 11.5 Å². The van der Waals surface area contributed by atoms with Gasteiger partial charge in [-0.1, -0.05) is 0 Å². The number of nitrogens with zero attached hydrogens (tertiary/aromatic N) is 1. The number of methoxy groups -OCH3 is 1. The normalized spacial score (nSPS) is 10.5. The third-order valence-electron chi connectivity index (χ3n) is 4.03. The summed E-state index contributed by atoms with van der Waals surface area (Å²) in [5.74, 6) is 0.187. The second-order valence-corrected chi connectivity index (χ2v) is 6.05. The van der Waals surface area contributed by atoms with E-state index in [0.717, 1.165) is 5.56 Å². The summed E-state index contributed by atoms with van der Waals surface area (Å²) < 4.78 is 5.07. The Morgan fingerprint density at radius 1 is 0.862 bits per heavy atom. The number of hydrazone groups is 1. The molecule has 0 heterocycles. The highest BCUT2D eigenvalue weighted by Crippen LogP contribution is 2.15. The number of anilines is 1. The van der Waals surface area contributed by atoms with Gasteiger partial charge in [0.2, 0.25) is 0 Å². The molecule has 3 rings (SSSR count). The Hall–Kier alpha value is -4.13. The van der Waals surface area contributed by atoms with Crippen molar-refractivity contribution < 1.29 is 19.4 Å². The standard InChI is InChI=1S/C22H19N3O4/c1-29-20-12-6-16(7-13-20)21(27)24-18-8-4-17(5-9-18)22(28)25-23-14-15-2-10-19(26)11-3-15/h2-14,26H,1H3,(H,24,27)(H,25,28)/b23-14-. The van der Waals surface area contributed by atoms with Crippen LogP contribution < -0.4 is 15.5 Å². The summed E-state index contributed by atoms with van der Waals surface area (Å²) in [6.07, 6.45) is 1.47. The van der Waals surface area contributed by atoms with E-state index in [9.17, 15) is 14.7 Å². The number of carbonyl (C=O) groups is 2. The van der Waals surface area contributed by atoms with E-state index < -0.39 is 0 Å². The van der Waals surface area contributed by atoms with Gasteiger partial charge in [-0.05, 0) is 78.4 Å². The summed E-state index contributed by atoms with van der Waals surface area (Å²) in [6, 6.07) is 19.6. The van der Waals surface area contributed by atoms with Gasteiger partial charge in [-0.3, -0.25) is 9.59 Å². The van der Waals surface area contributed by atoms with Crippen molar-refractivity contribution in [3.05, 3.63) is 89.5 Å². The van der Waals surface area contributed by atoms with Gasteiger partial charge in [0.15, 0.2) is 0 Å². The van der Waals surface area contributed by atoms with E-state index in [1.165, 1.54) is 18.3 Å². The third kappa shape index (κ3) is 5.43. The van der Waals surface area contributed by atoms with Crippen LogP contribution in [0.25, 0.3) is 0 Å². The second-order valence-electron chi connectivity index (χ2n) is 6.05. The molecule has 3 aromatic carbocycles. The molecule has 0 unspecified atom stereocenters. The maximum Gasteiger partial charge on any atom is 0.271 e. The molecule has 0 fully saturated rings. The molecule has 7 heteroatoms. The Bertz CT molecular complexity index is 1010. The number of carbonyl (C=O) groups excluding carboxylic acids is 2. The van der Waals surface area contributed by atoms with Gasteiger partial charge in [-0.15, -0.1) is 0 Å². The van der Waals surface area contributed by atoms with Gasteiger partial charge >= 0.3 is 0 Å². The van der Waals surface area contributed by atoms with E-state index in [1.807, 2.05) is 0 Å². The number of amides is 2. The fourth-order valence-electron chi connectivity index (χ4n) is 2.44. The largest absolute Gasteiger partial charge is 0.508 e. The molecule has 0 saturated carbocycles. The SMILES string of the molecule is COc1ccc(C(=O)Nc2ccc(C(=O)N/N=C\c3ccc(O)cc3)cc2)cc1. The van der Waals surface area contributed by atoms with Crippen LogP contribution in [0.2, 0.25) is 0 Å². The molecule has 0 saturated heterocycles. The average Bonchev–Trinajstić information content (AvgIpc) is 2.75. The quantitative estimate of drug-likeness (QED) is 0.444. The first-order valence-corrected chi connectivity index (χ1v) is 8.73. The van der Waals surface area contributed by atoms with E-state index in [1.54, 1.807) is 67.8 Å². The number of phenols is 1. The lowest BCUT2D eigenvalue weighted by atomic mass is 10.1. The molecule has 146 valence electrons. The van der Waals surface area contributed by atoms with Crippen molar-refractivity contribution in [1.82, 2.24) is 5.43 Å². The third-order valence-corrected chi connectivity index (χ3v) is 4.03. The van der Waals surface area contributed by atoms with Crippen LogP contribution in [-0.4, -0.2) is 30.2 Å². The minimum Gasteiger partial charge on any atom is -0.508 e. The second kappa shape index (κ2) is 9.18. The van der Waals surface area contributed by atoms with Gasteiger partial charge < -0.3 is 15.2 Å². The number of benzene rings is 3. The van der Waals surface area contributed by atoms with Gasteiger partial charge in [-0.2, -0.15) is 5.10 Å². The molecule has 3 N–H and O–H groups in total. The minimum atomic E-state index is -0.381. The average molecular weight is 389 g/mol. The molecule has 2 amide bonds. The smallest absolute Gasteiger partial charge is 0.271 e. The summed E-state index contributed by atoms with van der Waals surface area (Å²) in [4.78, 5) is 24.4. The topological polar surface area (TPSA) is 100 Å². The number of aromatic hydroxyl groups is 1. The predicted molar refractivity (Wildman–Crippen MR) is 111 cm³/mol. The number of hydrogen-bond donors (Lipinski definition) is 3. The lowest BCUT2D eigenvalue weighted by Crippen LogP contribution is -2.17. The molecule has 0 aromatic heterocycles. The molecular formula is C22H19N3O4. The molecule has 7 nitrogen and oxygen atoms in total. The van der Waals surface area contributed by atoms with Gasteiger partial charge in [0.25, 0.3) is 11.8 Å². The van der Waals surface area contributed by atoms with Crippen molar-refractivity contribution in [2.24, 2.45) is 5.10 Å². The minimum absolute atomic E-state index is 0.158. The molecule has 3 aromatic rings. The molecule has 29 heavy (non-hydrogen) atoms. The maximum atomic E-state index is 12.3.